The van der Waals surface area contributed by atoms with Crippen molar-refractivity contribution in [3.8, 4) is 6.07 Å². The summed E-state index contributed by atoms with van der Waals surface area (Å²) in [5.74, 6) is 2.17. The van der Waals surface area contributed by atoms with Crippen LogP contribution in [0.1, 0.15) is 56.6 Å². The lowest BCUT2D eigenvalue weighted by molar-refractivity contribution is 0.383. The van der Waals surface area contributed by atoms with Crippen molar-refractivity contribution in [3.05, 3.63) is 47.4 Å². The number of aromatic nitrogens is 2. The summed E-state index contributed by atoms with van der Waals surface area (Å²) >= 11 is 0. The van der Waals surface area contributed by atoms with Crippen molar-refractivity contribution in [3.63, 3.8) is 0 Å². The second-order valence-electron chi connectivity index (χ2n) is 7.82. The molecular weight excluding hydrogens is 386 g/mol. The van der Waals surface area contributed by atoms with Crippen LogP contribution in [0.4, 0.5) is 5.82 Å². The molecule has 1 saturated heterocycles. The lowest BCUT2D eigenvalue weighted by Gasteiger charge is -2.35. The van der Waals surface area contributed by atoms with Gasteiger partial charge in [0.1, 0.15) is 17.7 Å². The molecular formula is C21H27N5O2S. The molecule has 0 spiro atoms. The molecule has 154 valence electrons. The highest BCUT2D eigenvalue weighted by molar-refractivity contribution is 7.89. The van der Waals surface area contributed by atoms with Gasteiger partial charge in [-0.2, -0.15) is 9.57 Å². The number of anilines is 1. The Balaban J connectivity index is 1.81. The summed E-state index contributed by atoms with van der Waals surface area (Å²) in [6, 6.07) is 10.3. The van der Waals surface area contributed by atoms with Crippen molar-refractivity contribution < 1.29 is 8.42 Å². The van der Waals surface area contributed by atoms with Crippen LogP contribution >= 0.6 is 0 Å². The molecule has 0 amide bonds. The summed E-state index contributed by atoms with van der Waals surface area (Å²) in [5.41, 5.74) is 1.17. The molecule has 2 heterocycles. The Hall–Kier alpha value is -2.50. The zero-order chi connectivity index (χ0) is 21.2. The van der Waals surface area contributed by atoms with Crippen molar-refractivity contribution >= 4 is 15.8 Å². The Morgan fingerprint density at radius 2 is 1.66 bits per heavy atom. The first-order chi connectivity index (χ1) is 13.7. The van der Waals surface area contributed by atoms with Gasteiger partial charge in [0.25, 0.3) is 0 Å². The van der Waals surface area contributed by atoms with E-state index in [0.717, 1.165) is 17.3 Å². The van der Waals surface area contributed by atoms with E-state index in [4.69, 9.17) is 4.98 Å². The molecule has 8 heteroatoms. The fourth-order valence-corrected chi connectivity index (χ4v) is 4.83. The highest BCUT2D eigenvalue weighted by atomic mass is 32.2. The van der Waals surface area contributed by atoms with Gasteiger partial charge in [-0.3, -0.25) is 0 Å². The Labute approximate surface area is 173 Å². The molecule has 1 aliphatic rings. The van der Waals surface area contributed by atoms with Crippen LogP contribution in [-0.2, 0) is 10.0 Å². The molecule has 0 bridgehead atoms. The van der Waals surface area contributed by atoms with Gasteiger partial charge >= 0.3 is 0 Å². The molecule has 0 atom stereocenters. The SMILES string of the molecule is CC(C)c1cc(N2CCN(S(=O)(=O)c3ccccc3C#N)CC2)nc(C(C)C)n1. The molecule has 0 saturated carbocycles. The Morgan fingerprint density at radius 3 is 2.24 bits per heavy atom. The number of rotatable bonds is 5. The Bertz CT molecular complexity index is 993. The monoisotopic (exact) mass is 413 g/mol. The largest absolute Gasteiger partial charge is 0.354 e. The van der Waals surface area contributed by atoms with Crippen LogP contribution in [-0.4, -0.2) is 48.9 Å². The molecule has 0 unspecified atom stereocenters. The minimum absolute atomic E-state index is 0.0715. The van der Waals surface area contributed by atoms with Gasteiger partial charge in [-0.05, 0) is 18.1 Å². The lowest BCUT2D eigenvalue weighted by atomic mass is 10.1. The summed E-state index contributed by atoms with van der Waals surface area (Å²) in [5, 5.41) is 9.26. The van der Waals surface area contributed by atoms with Gasteiger partial charge in [-0.15, -0.1) is 0 Å². The van der Waals surface area contributed by atoms with Gasteiger partial charge in [0.05, 0.1) is 10.5 Å². The molecule has 0 N–H and O–H groups in total. The number of benzene rings is 1. The van der Waals surface area contributed by atoms with E-state index in [0.29, 0.717) is 32.1 Å². The Kier molecular flexibility index (Phi) is 6.20. The zero-order valence-corrected chi connectivity index (χ0v) is 18.1. The quantitative estimate of drug-likeness (QED) is 0.748. The average Bonchev–Trinajstić information content (AvgIpc) is 2.73. The first kappa shape index (κ1) is 21.2. The van der Waals surface area contributed by atoms with Crippen LogP contribution in [0.25, 0.3) is 0 Å². The summed E-state index contributed by atoms with van der Waals surface area (Å²) < 4.78 is 27.5. The number of hydrogen-bond acceptors (Lipinski definition) is 6. The summed E-state index contributed by atoms with van der Waals surface area (Å²) in [4.78, 5) is 11.6. The van der Waals surface area contributed by atoms with E-state index in [-0.39, 0.29) is 16.4 Å². The van der Waals surface area contributed by atoms with Crippen LogP contribution in [0.15, 0.2) is 35.2 Å². The highest BCUT2D eigenvalue weighted by Gasteiger charge is 2.31. The number of hydrogen-bond donors (Lipinski definition) is 0. The molecule has 1 fully saturated rings. The molecule has 3 rings (SSSR count). The summed E-state index contributed by atoms with van der Waals surface area (Å²) in [7, 11) is -3.70. The number of piperazine rings is 1. The molecule has 1 aromatic heterocycles. The molecule has 1 aromatic carbocycles. The maximum absolute atomic E-state index is 13.0. The normalized spacial score (nSPS) is 15.7. The maximum Gasteiger partial charge on any atom is 0.244 e. The van der Waals surface area contributed by atoms with Gasteiger partial charge in [0, 0.05) is 43.9 Å². The zero-order valence-electron chi connectivity index (χ0n) is 17.3. The van der Waals surface area contributed by atoms with Crippen LogP contribution in [0.5, 0.6) is 0 Å². The van der Waals surface area contributed by atoms with Gasteiger partial charge in [0.15, 0.2) is 0 Å². The van der Waals surface area contributed by atoms with E-state index < -0.39 is 10.0 Å². The Morgan fingerprint density at radius 1 is 1.00 bits per heavy atom. The minimum Gasteiger partial charge on any atom is -0.354 e. The first-order valence-electron chi connectivity index (χ1n) is 9.87. The third kappa shape index (κ3) is 4.41. The van der Waals surface area contributed by atoms with Crippen LogP contribution in [0, 0.1) is 11.3 Å². The number of nitriles is 1. The predicted octanol–water partition coefficient (Wildman–Crippen LogP) is 3.11. The lowest BCUT2D eigenvalue weighted by Crippen LogP contribution is -2.49. The third-order valence-electron chi connectivity index (χ3n) is 5.05. The van der Waals surface area contributed by atoms with Gasteiger partial charge in [-0.1, -0.05) is 39.8 Å². The summed E-state index contributed by atoms with van der Waals surface area (Å²) in [6.45, 7) is 10.1. The van der Waals surface area contributed by atoms with Gasteiger partial charge < -0.3 is 4.90 Å². The number of nitrogens with zero attached hydrogens (tertiary/aromatic N) is 5. The van der Waals surface area contributed by atoms with E-state index in [2.05, 4.69) is 37.6 Å². The third-order valence-corrected chi connectivity index (χ3v) is 7.00. The molecule has 2 aromatic rings. The van der Waals surface area contributed by atoms with Crippen LogP contribution in [0.3, 0.4) is 0 Å². The number of sulfonamides is 1. The average molecular weight is 414 g/mol. The van der Waals surface area contributed by atoms with E-state index in [9.17, 15) is 13.7 Å². The highest BCUT2D eigenvalue weighted by Crippen LogP contribution is 2.25. The van der Waals surface area contributed by atoms with Gasteiger partial charge in [-0.25, -0.2) is 18.4 Å². The molecule has 0 radical (unpaired) electrons. The van der Waals surface area contributed by atoms with E-state index >= 15 is 0 Å². The van der Waals surface area contributed by atoms with Crippen molar-refractivity contribution in [2.45, 2.75) is 44.4 Å². The van der Waals surface area contributed by atoms with Crippen molar-refractivity contribution in [1.29, 1.82) is 5.26 Å². The fraction of sp³-hybridized carbons (Fsp3) is 0.476. The predicted molar refractivity (Wildman–Crippen MR) is 112 cm³/mol. The van der Waals surface area contributed by atoms with E-state index in [1.165, 1.54) is 16.4 Å². The summed E-state index contributed by atoms with van der Waals surface area (Å²) in [6.07, 6.45) is 0. The maximum atomic E-state index is 13.0. The van der Waals surface area contributed by atoms with Crippen molar-refractivity contribution in [2.75, 3.05) is 31.1 Å². The smallest absolute Gasteiger partial charge is 0.244 e. The van der Waals surface area contributed by atoms with Gasteiger partial charge in [0.2, 0.25) is 10.0 Å². The topological polar surface area (TPSA) is 90.2 Å². The van der Waals surface area contributed by atoms with E-state index in [1.807, 2.05) is 12.1 Å². The molecule has 1 aliphatic heterocycles. The molecule has 0 aliphatic carbocycles. The van der Waals surface area contributed by atoms with Crippen molar-refractivity contribution in [1.82, 2.24) is 14.3 Å². The van der Waals surface area contributed by atoms with Crippen molar-refractivity contribution in [2.24, 2.45) is 0 Å². The molecule has 7 nitrogen and oxygen atoms in total. The van der Waals surface area contributed by atoms with Crippen LogP contribution < -0.4 is 4.90 Å². The first-order valence-corrected chi connectivity index (χ1v) is 11.3. The molecule has 29 heavy (non-hydrogen) atoms. The fourth-order valence-electron chi connectivity index (χ4n) is 3.27. The minimum atomic E-state index is -3.70. The van der Waals surface area contributed by atoms with Crippen LogP contribution in [0.2, 0.25) is 0 Å². The second kappa shape index (κ2) is 8.47. The second-order valence-corrected chi connectivity index (χ2v) is 9.72. The standard InChI is InChI=1S/C21H27N5O2S/c1-15(2)18-13-20(24-21(23-18)16(3)4)25-9-11-26(12-10-25)29(27,28)19-8-6-5-7-17(19)14-22/h5-8,13,15-16H,9-12H2,1-4H3. The van der Waals surface area contributed by atoms with E-state index in [1.54, 1.807) is 12.1 Å².